The first-order valence-corrected chi connectivity index (χ1v) is 10.6. The van der Waals surface area contributed by atoms with E-state index in [-0.39, 0.29) is 24.9 Å². The highest BCUT2D eigenvalue weighted by atomic mass is 16.5. The van der Waals surface area contributed by atoms with Gasteiger partial charge in [0.05, 0.1) is 32.0 Å². The highest BCUT2D eigenvalue weighted by Gasteiger charge is 2.25. The lowest BCUT2D eigenvalue weighted by molar-refractivity contribution is -0.0909. The van der Waals surface area contributed by atoms with Crippen molar-refractivity contribution in [3.05, 3.63) is 41.3 Å². The molecule has 6 nitrogen and oxygen atoms in total. The van der Waals surface area contributed by atoms with Gasteiger partial charge in [-0.25, -0.2) is 4.98 Å². The number of aryl methyl sites for hydroxylation is 2. The zero-order chi connectivity index (χ0) is 20.6. The molecule has 29 heavy (non-hydrogen) atoms. The Bertz CT molecular complexity index is 759. The van der Waals surface area contributed by atoms with Crippen molar-refractivity contribution in [3.63, 3.8) is 0 Å². The zero-order valence-electron chi connectivity index (χ0n) is 17.7. The molecule has 0 aliphatic heterocycles. The van der Waals surface area contributed by atoms with Crippen LogP contribution in [0.4, 0.5) is 0 Å². The Morgan fingerprint density at radius 2 is 2.00 bits per heavy atom. The van der Waals surface area contributed by atoms with Crippen molar-refractivity contribution in [1.82, 2.24) is 4.98 Å². The van der Waals surface area contributed by atoms with E-state index in [4.69, 9.17) is 18.6 Å². The first-order chi connectivity index (χ1) is 14.1. The Morgan fingerprint density at radius 1 is 1.21 bits per heavy atom. The van der Waals surface area contributed by atoms with Gasteiger partial charge in [-0.2, -0.15) is 0 Å². The molecule has 160 valence electrons. The molecule has 0 bridgehead atoms. The average Bonchev–Trinajstić information content (AvgIpc) is 3.10. The summed E-state index contributed by atoms with van der Waals surface area (Å²) in [7, 11) is 0. The van der Waals surface area contributed by atoms with Gasteiger partial charge >= 0.3 is 0 Å². The molecule has 3 rings (SSSR count). The van der Waals surface area contributed by atoms with Gasteiger partial charge in [-0.15, -0.1) is 0 Å². The summed E-state index contributed by atoms with van der Waals surface area (Å²) in [5, 5.41) is 9.33. The Hall–Kier alpha value is -1.73. The first-order valence-electron chi connectivity index (χ1n) is 10.6. The normalized spacial score (nSPS) is 20.7. The van der Waals surface area contributed by atoms with Crippen LogP contribution < -0.4 is 0 Å². The molecule has 1 aliphatic rings. The summed E-state index contributed by atoms with van der Waals surface area (Å²) in [5.74, 6) is 1.44. The summed E-state index contributed by atoms with van der Waals surface area (Å²) in [6, 6.07) is 8.15. The predicted molar refractivity (Wildman–Crippen MR) is 111 cm³/mol. The molecule has 1 N–H and O–H groups in total. The van der Waals surface area contributed by atoms with Crippen LogP contribution in [0.25, 0.3) is 11.5 Å². The van der Waals surface area contributed by atoms with Crippen molar-refractivity contribution in [2.45, 2.75) is 71.4 Å². The van der Waals surface area contributed by atoms with E-state index in [0.717, 1.165) is 42.7 Å². The summed E-state index contributed by atoms with van der Waals surface area (Å²) in [5.41, 5.74) is 3.01. The molecule has 0 amide bonds. The second-order valence-corrected chi connectivity index (χ2v) is 7.71. The fraction of sp³-hybridized carbons (Fsp3) is 0.609. The second kappa shape index (κ2) is 10.9. The molecular formula is C23H33NO5. The quantitative estimate of drug-likeness (QED) is 0.641. The minimum atomic E-state index is -0.251. The van der Waals surface area contributed by atoms with Crippen LogP contribution in [-0.4, -0.2) is 48.2 Å². The lowest BCUT2D eigenvalue weighted by Crippen LogP contribution is -2.32. The summed E-state index contributed by atoms with van der Waals surface area (Å²) >= 11 is 0. The van der Waals surface area contributed by atoms with E-state index in [0.29, 0.717) is 25.7 Å². The summed E-state index contributed by atoms with van der Waals surface area (Å²) in [6.45, 7) is 7.33. The Labute approximate surface area is 173 Å². The number of hydrogen-bond acceptors (Lipinski definition) is 6. The molecule has 0 saturated heterocycles. The van der Waals surface area contributed by atoms with Crippen LogP contribution >= 0.6 is 0 Å². The van der Waals surface area contributed by atoms with Gasteiger partial charge in [0.15, 0.2) is 0 Å². The van der Waals surface area contributed by atoms with Crippen LogP contribution in [0.15, 0.2) is 28.7 Å². The smallest absolute Gasteiger partial charge is 0.226 e. The molecule has 0 spiro atoms. The predicted octanol–water partition coefficient (Wildman–Crippen LogP) is 4.20. The van der Waals surface area contributed by atoms with E-state index >= 15 is 0 Å². The topological polar surface area (TPSA) is 74.0 Å². The monoisotopic (exact) mass is 403 g/mol. The highest BCUT2D eigenvalue weighted by molar-refractivity contribution is 5.54. The summed E-state index contributed by atoms with van der Waals surface area (Å²) < 4.78 is 23.4. The summed E-state index contributed by atoms with van der Waals surface area (Å²) in [6.07, 6.45) is 4.00. The molecule has 3 unspecified atom stereocenters. The first kappa shape index (κ1) is 22.0. The van der Waals surface area contributed by atoms with E-state index < -0.39 is 0 Å². The third-order valence-electron chi connectivity index (χ3n) is 5.32. The molecule has 2 aromatic rings. The zero-order valence-corrected chi connectivity index (χ0v) is 17.7. The fourth-order valence-electron chi connectivity index (χ4n) is 3.70. The standard InChI is InChI=1S/C23H33NO5/c1-4-26-21(13-25)14-27-19-9-6-10-20(12-19)28-15-22-17(3)29-23(24-22)18-8-5-7-16(2)11-18/h5,7-8,11,19-21,25H,4,6,9-10,12-15H2,1-3H3. The number of aliphatic hydroxyl groups is 1. The van der Waals surface area contributed by atoms with E-state index in [1.165, 1.54) is 5.56 Å². The number of aromatic nitrogens is 1. The number of aliphatic hydroxyl groups excluding tert-OH is 1. The maximum absolute atomic E-state index is 9.33. The maximum atomic E-state index is 9.33. The number of hydrogen-bond donors (Lipinski definition) is 1. The maximum Gasteiger partial charge on any atom is 0.226 e. The molecule has 1 heterocycles. The molecular weight excluding hydrogens is 370 g/mol. The Balaban J connectivity index is 1.51. The van der Waals surface area contributed by atoms with Crippen molar-refractivity contribution in [3.8, 4) is 11.5 Å². The van der Waals surface area contributed by atoms with Crippen molar-refractivity contribution in [2.75, 3.05) is 19.8 Å². The average molecular weight is 404 g/mol. The third kappa shape index (κ3) is 6.37. The van der Waals surface area contributed by atoms with Crippen molar-refractivity contribution < 1.29 is 23.7 Å². The van der Waals surface area contributed by atoms with Gasteiger partial charge in [0.2, 0.25) is 5.89 Å². The number of nitrogens with zero attached hydrogens (tertiary/aromatic N) is 1. The van der Waals surface area contributed by atoms with Crippen molar-refractivity contribution in [2.24, 2.45) is 0 Å². The van der Waals surface area contributed by atoms with Gasteiger partial charge in [0, 0.05) is 12.2 Å². The third-order valence-corrected chi connectivity index (χ3v) is 5.32. The fourth-order valence-corrected chi connectivity index (χ4v) is 3.70. The van der Waals surface area contributed by atoms with E-state index in [1.54, 1.807) is 0 Å². The molecule has 6 heteroatoms. The summed E-state index contributed by atoms with van der Waals surface area (Å²) in [4.78, 5) is 4.65. The lowest BCUT2D eigenvalue weighted by Gasteiger charge is -2.30. The number of ether oxygens (including phenoxy) is 3. The second-order valence-electron chi connectivity index (χ2n) is 7.71. The Morgan fingerprint density at radius 3 is 2.72 bits per heavy atom. The number of oxazole rings is 1. The van der Waals surface area contributed by atoms with Crippen molar-refractivity contribution >= 4 is 0 Å². The number of benzene rings is 1. The molecule has 0 radical (unpaired) electrons. The molecule has 1 aromatic heterocycles. The van der Waals surface area contributed by atoms with Gasteiger partial charge in [0.1, 0.15) is 17.6 Å². The molecule has 3 atom stereocenters. The molecule has 1 aromatic carbocycles. The van der Waals surface area contributed by atoms with Gasteiger partial charge < -0.3 is 23.7 Å². The van der Waals surface area contributed by atoms with Gasteiger partial charge in [-0.05, 0) is 58.6 Å². The van der Waals surface area contributed by atoms with Crippen LogP contribution in [0.3, 0.4) is 0 Å². The van der Waals surface area contributed by atoms with E-state index in [2.05, 4.69) is 24.0 Å². The van der Waals surface area contributed by atoms with E-state index in [1.807, 2.05) is 26.0 Å². The van der Waals surface area contributed by atoms with Crippen molar-refractivity contribution in [1.29, 1.82) is 0 Å². The Kier molecular flexibility index (Phi) is 8.24. The lowest BCUT2D eigenvalue weighted by atomic mass is 9.95. The number of rotatable bonds is 10. The molecule has 1 saturated carbocycles. The minimum absolute atomic E-state index is 0.0187. The molecule has 1 aliphatic carbocycles. The van der Waals surface area contributed by atoms with Gasteiger partial charge in [-0.3, -0.25) is 0 Å². The van der Waals surface area contributed by atoms with Crippen LogP contribution in [0.1, 0.15) is 49.6 Å². The van der Waals surface area contributed by atoms with Gasteiger partial charge in [-0.1, -0.05) is 17.7 Å². The minimum Gasteiger partial charge on any atom is -0.441 e. The van der Waals surface area contributed by atoms with Gasteiger partial charge in [0.25, 0.3) is 0 Å². The van der Waals surface area contributed by atoms with Crippen LogP contribution in [0.2, 0.25) is 0 Å². The largest absolute Gasteiger partial charge is 0.441 e. The molecule has 1 fully saturated rings. The van der Waals surface area contributed by atoms with E-state index in [9.17, 15) is 5.11 Å². The highest BCUT2D eigenvalue weighted by Crippen LogP contribution is 2.27. The SMILES string of the molecule is CCOC(CO)COC1CCCC(OCc2nc(-c3cccc(C)c3)oc2C)C1. The van der Waals surface area contributed by atoms with Crippen LogP contribution in [0, 0.1) is 13.8 Å². The van der Waals surface area contributed by atoms with Crippen LogP contribution in [0.5, 0.6) is 0 Å². The van der Waals surface area contributed by atoms with Crippen LogP contribution in [-0.2, 0) is 20.8 Å².